The van der Waals surface area contributed by atoms with Crippen molar-refractivity contribution in [2.24, 2.45) is 5.92 Å². The second-order valence-electron chi connectivity index (χ2n) is 15.6. The average Bonchev–Trinajstić information content (AvgIpc) is 3.12. The Labute approximate surface area is 314 Å². The van der Waals surface area contributed by atoms with E-state index in [0.717, 1.165) is 38.8 Å². The molecule has 0 aliphatic heterocycles. The fourth-order valence-electron chi connectivity index (χ4n) is 7.31. The maximum Gasteiger partial charge on any atom is 0.308 e. The number of hydrogen-bond acceptors (Lipinski definition) is 5. The van der Waals surface area contributed by atoms with Crippen molar-refractivity contribution in [2.45, 2.75) is 232 Å². The standard InChI is InChI=1S/C45H91NO4/c1-4-6-8-10-24-30-37-44(36-29-23-9-7-5-2)45(48)50-43-34-28-22-18-14-12-16-20-26-32-39-46(40-35-41-47)38-31-25-19-15-11-13-17-21-27-33-42-49-3/h44,47H,4-43H2,1-3H3. The van der Waals surface area contributed by atoms with Crippen LogP contribution in [0.4, 0.5) is 0 Å². The van der Waals surface area contributed by atoms with Gasteiger partial charge in [-0.05, 0) is 58.0 Å². The van der Waals surface area contributed by atoms with E-state index in [-0.39, 0.29) is 11.9 Å². The third kappa shape index (κ3) is 37.1. The maximum atomic E-state index is 12.9. The molecule has 0 aromatic carbocycles. The van der Waals surface area contributed by atoms with E-state index in [1.54, 1.807) is 7.11 Å². The molecular weight excluding hydrogens is 618 g/mol. The van der Waals surface area contributed by atoms with Gasteiger partial charge in [0.05, 0.1) is 12.5 Å². The highest BCUT2D eigenvalue weighted by Crippen LogP contribution is 2.21. The molecule has 5 nitrogen and oxygen atoms in total. The molecule has 1 N–H and O–H groups in total. The molecule has 0 spiro atoms. The molecule has 0 aliphatic carbocycles. The van der Waals surface area contributed by atoms with E-state index in [0.29, 0.717) is 13.2 Å². The van der Waals surface area contributed by atoms with Gasteiger partial charge >= 0.3 is 5.97 Å². The predicted octanol–water partition coefficient (Wildman–Crippen LogP) is 13.4. The average molecular weight is 710 g/mol. The van der Waals surface area contributed by atoms with Crippen molar-refractivity contribution in [1.82, 2.24) is 4.90 Å². The predicted molar refractivity (Wildman–Crippen MR) is 218 cm³/mol. The number of rotatable bonds is 43. The summed E-state index contributed by atoms with van der Waals surface area (Å²) in [5.41, 5.74) is 0. The second kappa shape index (κ2) is 42.8. The van der Waals surface area contributed by atoms with E-state index in [1.165, 1.54) is 206 Å². The molecule has 0 radical (unpaired) electrons. The van der Waals surface area contributed by atoms with Crippen LogP contribution in [-0.2, 0) is 14.3 Å². The van der Waals surface area contributed by atoms with Crippen molar-refractivity contribution in [1.29, 1.82) is 0 Å². The molecule has 0 aromatic rings. The number of unbranched alkanes of at least 4 members (excludes halogenated alkanes) is 27. The Hall–Kier alpha value is -0.650. The van der Waals surface area contributed by atoms with E-state index < -0.39 is 0 Å². The highest BCUT2D eigenvalue weighted by Gasteiger charge is 2.19. The highest BCUT2D eigenvalue weighted by molar-refractivity contribution is 5.72. The van der Waals surface area contributed by atoms with Gasteiger partial charge in [0.25, 0.3) is 0 Å². The SMILES string of the molecule is CCCCCCCCC(CCCCCCC)C(=O)OCCCCCCCCCCCCN(CCCO)CCCCCCCCCCCCOC. The molecule has 1 atom stereocenters. The Balaban J connectivity index is 3.82. The van der Waals surface area contributed by atoms with Gasteiger partial charge in [-0.3, -0.25) is 4.79 Å². The zero-order chi connectivity index (χ0) is 36.4. The Morgan fingerprint density at radius 1 is 0.460 bits per heavy atom. The molecule has 0 amide bonds. The van der Waals surface area contributed by atoms with E-state index in [2.05, 4.69) is 18.7 Å². The van der Waals surface area contributed by atoms with Crippen LogP contribution in [0.5, 0.6) is 0 Å². The van der Waals surface area contributed by atoms with Crippen LogP contribution in [0.2, 0.25) is 0 Å². The smallest absolute Gasteiger partial charge is 0.308 e. The van der Waals surface area contributed by atoms with E-state index in [4.69, 9.17) is 9.47 Å². The summed E-state index contributed by atoms with van der Waals surface area (Å²) in [7, 11) is 1.80. The summed E-state index contributed by atoms with van der Waals surface area (Å²) in [4.78, 5) is 15.5. The number of aliphatic hydroxyl groups is 1. The maximum absolute atomic E-state index is 12.9. The lowest BCUT2D eigenvalue weighted by atomic mass is 9.94. The number of nitrogens with zero attached hydrogens (tertiary/aromatic N) is 1. The lowest BCUT2D eigenvalue weighted by Crippen LogP contribution is -2.27. The first-order chi connectivity index (χ1) is 24.7. The van der Waals surface area contributed by atoms with Crippen molar-refractivity contribution < 1.29 is 19.4 Å². The molecule has 0 heterocycles. The van der Waals surface area contributed by atoms with Gasteiger partial charge in [-0.15, -0.1) is 0 Å². The zero-order valence-corrected chi connectivity index (χ0v) is 34.5. The summed E-state index contributed by atoms with van der Waals surface area (Å²) in [5, 5.41) is 9.35. The molecule has 0 saturated heterocycles. The summed E-state index contributed by atoms with van der Waals surface area (Å²) < 4.78 is 10.9. The van der Waals surface area contributed by atoms with Gasteiger partial charge in [0, 0.05) is 26.9 Å². The Morgan fingerprint density at radius 3 is 1.20 bits per heavy atom. The number of ether oxygens (including phenoxy) is 2. The van der Waals surface area contributed by atoms with Gasteiger partial charge in [0.2, 0.25) is 0 Å². The lowest BCUT2D eigenvalue weighted by Gasteiger charge is -2.22. The number of methoxy groups -OCH3 is 1. The number of hydrogen-bond donors (Lipinski definition) is 1. The van der Waals surface area contributed by atoms with Crippen molar-refractivity contribution in [3.63, 3.8) is 0 Å². The molecule has 50 heavy (non-hydrogen) atoms. The molecule has 5 heteroatoms. The normalized spacial score (nSPS) is 12.3. The molecule has 0 aromatic heterocycles. The van der Waals surface area contributed by atoms with Gasteiger partial charge in [-0.25, -0.2) is 0 Å². The third-order valence-corrected chi connectivity index (χ3v) is 10.7. The van der Waals surface area contributed by atoms with Crippen LogP contribution < -0.4 is 0 Å². The minimum absolute atomic E-state index is 0.0900. The first-order valence-electron chi connectivity index (χ1n) is 22.7. The topological polar surface area (TPSA) is 59.0 Å². The van der Waals surface area contributed by atoms with Crippen molar-refractivity contribution in [3.8, 4) is 0 Å². The number of carbonyl (C=O) groups excluding carboxylic acids is 1. The van der Waals surface area contributed by atoms with Crippen LogP contribution in [0.25, 0.3) is 0 Å². The number of aliphatic hydroxyl groups excluding tert-OH is 1. The molecule has 0 saturated carbocycles. The zero-order valence-electron chi connectivity index (χ0n) is 34.5. The molecule has 300 valence electrons. The van der Waals surface area contributed by atoms with E-state index >= 15 is 0 Å². The monoisotopic (exact) mass is 710 g/mol. The number of carbonyl (C=O) groups is 1. The fraction of sp³-hybridized carbons (Fsp3) is 0.978. The largest absolute Gasteiger partial charge is 0.465 e. The Kier molecular flexibility index (Phi) is 42.2. The van der Waals surface area contributed by atoms with Crippen LogP contribution in [0.1, 0.15) is 232 Å². The molecule has 0 fully saturated rings. The molecule has 0 rings (SSSR count). The van der Waals surface area contributed by atoms with Crippen LogP contribution in [0, 0.1) is 5.92 Å². The fourth-order valence-corrected chi connectivity index (χ4v) is 7.31. The second-order valence-corrected chi connectivity index (χ2v) is 15.6. The Morgan fingerprint density at radius 2 is 0.800 bits per heavy atom. The van der Waals surface area contributed by atoms with Crippen molar-refractivity contribution in [2.75, 3.05) is 46.6 Å². The molecular formula is C45H91NO4. The minimum Gasteiger partial charge on any atom is -0.465 e. The first kappa shape index (κ1) is 49.4. The summed E-state index contributed by atoms with van der Waals surface area (Å²) in [5.74, 6) is 0.218. The molecule has 1 unspecified atom stereocenters. The van der Waals surface area contributed by atoms with E-state index in [1.807, 2.05) is 0 Å². The molecule has 0 aliphatic rings. The van der Waals surface area contributed by atoms with Gasteiger partial charge in [0.15, 0.2) is 0 Å². The van der Waals surface area contributed by atoms with Crippen molar-refractivity contribution in [3.05, 3.63) is 0 Å². The summed E-state index contributed by atoms with van der Waals surface area (Å²) in [6.07, 6.45) is 43.4. The van der Waals surface area contributed by atoms with Gasteiger partial charge < -0.3 is 19.5 Å². The van der Waals surface area contributed by atoms with Gasteiger partial charge in [-0.1, -0.05) is 187 Å². The van der Waals surface area contributed by atoms with Crippen LogP contribution >= 0.6 is 0 Å². The number of esters is 1. The first-order valence-corrected chi connectivity index (χ1v) is 22.7. The Bertz CT molecular complexity index is 645. The van der Waals surface area contributed by atoms with Crippen LogP contribution in [0.3, 0.4) is 0 Å². The van der Waals surface area contributed by atoms with E-state index in [9.17, 15) is 9.90 Å². The quantitative estimate of drug-likeness (QED) is 0.0504. The van der Waals surface area contributed by atoms with Crippen LogP contribution in [0.15, 0.2) is 0 Å². The highest BCUT2D eigenvalue weighted by atomic mass is 16.5. The third-order valence-electron chi connectivity index (χ3n) is 10.7. The van der Waals surface area contributed by atoms with Gasteiger partial charge in [-0.2, -0.15) is 0 Å². The lowest BCUT2D eigenvalue weighted by molar-refractivity contribution is -0.149. The molecule has 0 bridgehead atoms. The van der Waals surface area contributed by atoms with Crippen molar-refractivity contribution >= 4 is 5.97 Å². The summed E-state index contributed by atoms with van der Waals surface area (Å²) in [6, 6.07) is 0. The summed E-state index contributed by atoms with van der Waals surface area (Å²) >= 11 is 0. The summed E-state index contributed by atoms with van der Waals surface area (Å²) in [6.45, 7) is 9.83. The van der Waals surface area contributed by atoms with Gasteiger partial charge in [0.1, 0.15) is 0 Å². The van der Waals surface area contributed by atoms with Crippen LogP contribution in [-0.4, -0.2) is 62.5 Å². The minimum atomic E-state index is 0.0900.